The molecule has 1 fully saturated rings. The van der Waals surface area contributed by atoms with Gasteiger partial charge in [0.2, 0.25) is 0 Å². The first kappa shape index (κ1) is 13.3. The Morgan fingerprint density at radius 2 is 1.40 bits per heavy atom. The fourth-order valence-corrected chi connectivity index (χ4v) is 3.13. The molecule has 104 valence electrons. The minimum absolute atomic E-state index is 0.282. The van der Waals surface area contributed by atoms with Crippen LogP contribution >= 0.6 is 0 Å². The Labute approximate surface area is 121 Å². The van der Waals surface area contributed by atoms with E-state index in [2.05, 4.69) is 72.5 Å². The summed E-state index contributed by atoms with van der Waals surface area (Å²) in [6.07, 6.45) is 0. The highest BCUT2D eigenvalue weighted by Gasteiger charge is 2.32. The predicted molar refractivity (Wildman–Crippen MR) is 83.4 cm³/mol. The van der Waals surface area contributed by atoms with Gasteiger partial charge in [0.15, 0.2) is 0 Å². The SMILES string of the molecule is CC1CN(C(c2ccccc2)c2ccccc2)CC1N. The summed E-state index contributed by atoms with van der Waals surface area (Å²) in [6.45, 7) is 4.28. The van der Waals surface area contributed by atoms with Crippen LogP contribution in [0.4, 0.5) is 0 Å². The molecule has 20 heavy (non-hydrogen) atoms. The van der Waals surface area contributed by atoms with E-state index < -0.39 is 0 Å². The van der Waals surface area contributed by atoms with Crippen LogP contribution < -0.4 is 5.73 Å². The summed E-state index contributed by atoms with van der Waals surface area (Å²) in [7, 11) is 0. The maximum atomic E-state index is 6.22. The molecule has 3 rings (SSSR count). The number of nitrogens with zero attached hydrogens (tertiary/aromatic N) is 1. The maximum absolute atomic E-state index is 6.22. The number of hydrogen-bond acceptors (Lipinski definition) is 2. The molecule has 2 nitrogen and oxygen atoms in total. The number of benzene rings is 2. The van der Waals surface area contributed by atoms with Crippen LogP contribution in [0.15, 0.2) is 60.7 Å². The molecule has 0 saturated carbocycles. The zero-order chi connectivity index (χ0) is 13.9. The minimum Gasteiger partial charge on any atom is -0.326 e. The molecular formula is C18H22N2. The zero-order valence-electron chi connectivity index (χ0n) is 11.9. The molecule has 0 aliphatic carbocycles. The molecule has 2 N–H and O–H groups in total. The fraction of sp³-hybridized carbons (Fsp3) is 0.333. The average molecular weight is 266 g/mol. The van der Waals surface area contributed by atoms with Gasteiger partial charge < -0.3 is 5.73 Å². The van der Waals surface area contributed by atoms with E-state index in [9.17, 15) is 0 Å². The Morgan fingerprint density at radius 1 is 0.900 bits per heavy atom. The number of nitrogens with two attached hydrogens (primary N) is 1. The first-order valence-electron chi connectivity index (χ1n) is 7.35. The molecule has 2 heteroatoms. The van der Waals surface area contributed by atoms with Crippen molar-refractivity contribution in [2.75, 3.05) is 13.1 Å². The van der Waals surface area contributed by atoms with E-state index in [1.807, 2.05) is 0 Å². The third kappa shape index (κ3) is 2.62. The largest absolute Gasteiger partial charge is 0.326 e. The molecule has 2 unspecified atom stereocenters. The number of hydrogen-bond donors (Lipinski definition) is 1. The fourth-order valence-electron chi connectivity index (χ4n) is 3.13. The molecule has 0 aromatic heterocycles. The second-order valence-corrected chi connectivity index (χ2v) is 5.82. The van der Waals surface area contributed by atoms with E-state index in [0.717, 1.165) is 13.1 Å². The second-order valence-electron chi connectivity index (χ2n) is 5.82. The highest BCUT2D eigenvalue weighted by atomic mass is 15.2. The number of rotatable bonds is 3. The van der Waals surface area contributed by atoms with Crippen LogP contribution in [0.3, 0.4) is 0 Å². The zero-order valence-corrected chi connectivity index (χ0v) is 11.9. The predicted octanol–water partition coefficient (Wildman–Crippen LogP) is 3.06. The van der Waals surface area contributed by atoms with E-state index >= 15 is 0 Å². The topological polar surface area (TPSA) is 29.3 Å². The van der Waals surface area contributed by atoms with Crippen LogP contribution in [-0.4, -0.2) is 24.0 Å². The van der Waals surface area contributed by atoms with Crippen LogP contribution in [0.1, 0.15) is 24.1 Å². The molecule has 2 atom stereocenters. The maximum Gasteiger partial charge on any atom is 0.0602 e. The van der Waals surface area contributed by atoms with Crippen molar-refractivity contribution in [3.05, 3.63) is 71.8 Å². The monoisotopic (exact) mass is 266 g/mol. The Balaban J connectivity index is 1.97. The van der Waals surface area contributed by atoms with E-state index in [0.29, 0.717) is 12.0 Å². The normalized spacial score (nSPS) is 23.4. The van der Waals surface area contributed by atoms with Gasteiger partial charge in [-0.15, -0.1) is 0 Å². The minimum atomic E-state index is 0.282. The van der Waals surface area contributed by atoms with Gasteiger partial charge in [0.05, 0.1) is 6.04 Å². The molecular weight excluding hydrogens is 244 g/mol. The first-order valence-corrected chi connectivity index (χ1v) is 7.35. The van der Waals surface area contributed by atoms with E-state index in [1.165, 1.54) is 11.1 Å². The third-order valence-corrected chi connectivity index (χ3v) is 4.29. The Bertz CT molecular complexity index is 488. The van der Waals surface area contributed by atoms with Crippen molar-refractivity contribution in [1.29, 1.82) is 0 Å². The van der Waals surface area contributed by atoms with Gasteiger partial charge in [0, 0.05) is 19.1 Å². The summed E-state index contributed by atoms with van der Waals surface area (Å²) < 4.78 is 0. The summed E-state index contributed by atoms with van der Waals surface area (Å²) >= 11 is 0. The lowest BCUT2D eigenvalue weighted by Gasteiger charge is -2.29. The van der Waals surface area contributed by atoms with Crippen molar-refractivity contribution >= 4 is 0 Å². The van der Waals surface area contributed by atoms with Gasteiger partial charge in [0.25, 0.3) is 0 Å². The van der Waals surface area contributed by atoms with E-state index in [-0.39, 0.29) is 6.04 Å². The van der Waals surface area contributed by atoms with Gasteiger partial charge in [-0.25, -0.2) is 0 Å². The van der Waals surface area contributed by atoms with Crippen LogP contribution in [0.2, 0.25) is 0 Å². The standard InChI is InChI=1S/C18H22N2/c1-14-12-20(13-17(14)19)18(15-8-4-2-5-9-15)16-10-6-3-7-11-16/h2-11,14,17-18H,12-13,19H2,1H3. The van der Waals surface area contributed by atoms with Gasteiger partial charge in [-0.1, -0.05) is 67.6 Å². The van der Waals surface area contributed by atoms with Gasteiger partial charge in [-0.2, -0.15) is 0 Å². The highest BCUT2D eigenvalue weighted by molar-refractivity contribution is 5.32. The van der Waals surface area contributed by atoms with Crippen molar-refractivity contribution in [2.45, 2.75) is 19.0 Å². The average Bonchev–Trinajstić information content (AvgIpc) is 2.81. The molecule has 0 amide bonds. The molecule has 1 saturated heterocycles. The Morgan fingerprint density at radius 3 is 1.80 bits per heavy atom. The second kappa shape index (κ2) is 5.78. The summed E-state index contributed by atoms with van der Waals surface area (Å²) in [4.78, 5) is 2.51. The lowest BCUT2D eigenvalue weighted by molar-refractivity contribution is 0.271. The smallest absolute Gasteiger partial charge is 0.0602 e. The first-order chi connectivity index (χ1) is 9.75. The molecule has 1 heterocycles. The van der Waals surface area contributed by atoms with E-state index in [1.54, 1.807) is 0 Å². The van der Waals surface area contributed by atoms with Crippen molar-refractivity contribution in [3.63, 3.8) is 0 Å². The molecule has 2 aromatic rings. The highest BCUT2D eigenvalue weighted by Crippen LogP contribution is 2.32. The Hall–Kier alpha value is -1.64. The van der Waals surface area contributed by atoms with Crippen LogP contribution in [0, 0.1) is 5.92 Å². The molecule has 0 radical (unpaired) electrons. The third-order valence-electron chi connectivity index (χ3n) is 4.29. The van der Waals surface area contributed by atoms with Gasteiger partial charge >= 0.3 is 0 Å². The quantitative estimate of drug-likeness (QED) is 0.925. The molecule has 1 aliphatic rings. The summed E-state index contributed by atoms with van der Waals surface area (Å²) in [5.41, 5.74) is 8.92. The molecule has 1 aliphatic heterocycles. The van der Waals surface area contributed by atoms with Gasteiger partial charge in [0.1, 0.15) is 0 Å². The van der Waals surface area contributed by atoms with Crippen molar-refractivity contribution in [3.8, 4) is 0 Å². The van der Waals surface area contributed by atoms with Gasteiger partial charge in [-0.3, -0.25) is 4.90 Å². The molecule has 2 aromatic carbocycles. The van der Waals surface area contributed by atoms with E-state index in [4.69, 9.17) is 5.73 Å². The molecule has 0 spiro atoms. The van der Waals surface area contributed by atoms with Crippen molar-refractivity contribution < 1.29 is 0 Å². The molecule has 0 bridgehead atoms. The van der Waals surface area contributed by atoms with Crippen molar-refractivity contribution in [2.24, 2.45) is 11.7 Å². The lowest BCUT2D eigenvalue weighted by Crippen LogP contribution is -2.31. The van der Waals surface area contributed by atoms with Gasteiger partial charge in [-0.05, 0) is 17.0 Å². The van der Waals surface area contributed by atoms with Crippen LogP contribution in [0.5, 0.6) is 0 Å². The number of likely N-dealkylation sites (tertiary alicyclic amines) is 1. The Kier molecular flexibility index (Phi) is 3.86. The lowest BCUT2D eigenvalue weighted by atomic mass is 9.97. The van der Waals surface area contributed by atoms with Crippen molar-refractivity contribution in [1.82, 2.24) is 4.90 Å². The summed E-state index contributed by atoms with van der Waals surface area (Å²) in [5.74, 6) is 0.560. The van der Waals surface area contributed by atoms with Crippen LogP contribution in [-0.2, 0) is 0 Å². The summed E-state index contributed by atoms with van der Waals surface area (Å²) in [5, 5.41) is 0. The van der Waals surface area contributed by atoms with Crippen LogP contribution in [0.25, 0.3) is 0 Å². The summed E-state index contributed by atoms with van der Waals surface area (Å²) in [6, 6.07) is 22.1.